The van der Waals surface area contributed by atoms with Crippen LogP contribution in [0.2, 0.25) is 12.1 Å². The normalized spacial score (nSPS) is 14.9. The smallest absolute Gasteiger partial charge is 0.122 e. The first-order valence-electron chi connectivity index (χ1n) is 15.0. The molecule has 3 heteroatoms. The highest BCUT2D eigenvalue weighted by atomic mass is 28.3. The summed E-state index contributed by atoms with van der Waals surface area (Å²) in [5.41, 5.74) is 14.4. The van der Waals surface area contributed by atoms with Gasteiger partial charge >= 0.3 is 0 Å². The third kappa shape index (κ3) is 4.12. The Morgan fingerprint density at radius 3 is 2.25 bits per heavy atom. The lowest BCUT2D eigenvalue weighted by atomic mass is 9.85. The first-order chi connectivity index (χ1) is 18.9. The first kappa shape index (κ1) is 28.5. The second-order valence-electron chi connectivity index (χ2n) is 13.1. The van der Waals surface area contributed by atoms with E-state index >= 15 is 0 Å². The number of rotatable bonds is 7. The lowest BCUT2D eigenvalue weighted by molar-refractivity contribution is 0.353. The lowest BCUT2D eigenvalue weighted by Crippen LogP contribution is -2.53. The van der Waals surface area contributed by atoms with Crippen molar-refractivity contribution in [3.05, 3.63) is 94.1 Å². The summed E-state index contributed by atoms with van der Waals surface area (Å²) in [6.07, 6.45) is 1.89. The largest absolute Gasteiger partial charge is 0.489 e. The van der Waals surface area contributed by atoms with E-state index in [1.165, 1.54) is 55.2 Å². The summed E-state index contributed by atoms with van der Waals surface area (Å²) in [5, 5.41) is 2.91. The van der Waals surface area contributed by atoms with E-state index < -0.39 is 8.07 Å². The Morgan fingerprint density at radius 2 is 1.62 bits per heavy atom. The fourth-order valence-corrected chi connectivity index (χ4v) is 12.8. The van der Waals surface area contributed by atoms with Gasteiger partial charge in [-0.25, -0.2) is 0 Å². The van der Waals surface area contributed by atoms with E-state index in [1.54, 1.807) is 11.1 Å². The number of hydrogen-bond donors (Lipinski definition) is 0. The minimum atomic E-state index is -2.27. The molecule has 40 heavy (non-hydrogen) atoms. The van der Waals surface area contributed by atoms with E-state index in [-0.39, 0.29) is 5.41 Å². The molecule has 0 radical (unpaired) electrons. The van der Waals surface area contributed by atoms with Crippen LogP contribution in [0, 0.1) is 27.7 Å². The van der Waals surface area contributed by atoms with Crippen molar-refractivity contribution in [1.29, 1.82) is 0 Å². The molecule has 0 bridgehead atoms. The Kier molecular flexibility index (Phi) is 7.19. The molecule has 0 amide bonds. The van der Waals surface area contributed by atoms with Gasteiger partial charge in [0.1, 0.15) is 20.4 Å². The monoisotopic (exact) mass is 549 g/mol. The fraction of sp³-hybridized carbons (Fsp3) is 0.405. The summed E-state index contributed by atoms with van der Waals surface area (Å²) < 4.78 is 9.19. The molecule has 5 rings (SSSR count). The molecule has 1 atom stereocenters. The van der Waals surface area contributed by atoms with Crippen LogP contribution in [0.5, 0.6) is 5.75 Å². The van der Waals surface area contributed by atoms with E-state index in [0.29, 0.717) is 12.1 Å². The summed E-state index contributed by atoms with van der Waals surface area (Å²) in [5.74, 6) is 1.12. The van der Waals surface area contributed by atoms with Crippen LogP contribution in [-0.4, -0.2) is 19.2 Å². The second-order valence-corrected chi connectivity index (χ2v) is 18.0. The van der Waals surface area contributed by atoms with Crippen LogP contribution in [0.15, 0.2) is 55.1 Å². The Morgan fingerprint density at radius 1 is 0.925 bits per heavy atom. The first-order valence-corrected chi connectivity index (χ1v) is 17.5. The SMILES string of the molecule is C=CCOc1c(C(C)(C)C)cc(C)cc1[Si](CC)(CC)C1c2c(ccc(C)c2C)-c2c1c1cc(C)ccc1n2C. The zero-order chi connectivity index (χ0) is 29.1. The van der Waals surface area contributed by atoms with Gasteiger partial charge in [-0.15, -0.1) is 0 Å². The maximum atomic E-state index is 6.72. The predicted molar refractivity (Wildman–Crippen MR) is 176 cm³/mol. The quantitative estimate of drug-likeness (QED) is 0.165. The van der Waals surface area contributed by atoms with Gasteiger partial charge < -0.3 is 9.30 Å². The number of nitrogens with zero attached hydrogens (tertiary/aromatic N) is 1. The standard InChI is InChI=1S/C37H47NOSi/c1-12-19-39-35-29(37(8,9)10)21-24(5)22-31(35)40(13-2,14-3)36-32-26(7)25(6)16-17-27(32)34-33(36)28-20-23(4)15-18-30(28)38(34)11/h12,15-18,20-22,36H,1,13-14,19H2,2-11H3. The van der Waals surface area contributed by atoms with Gasteiger partial charge in [-0.05, 0) is 78.2 Å². The van der Waals surface area contributed by atoms with E-state index in [1.807, 2.05) is 6.08 Å². The molecule has 4 aromatic rings. The molecule has 210 valence electrons. The molecule has 1 aliphatic rings. The van der Waals surface area contributed by atoms with E-state index in [4.69, 9.17) is 4.74 Å². The zero-order valence-electron chi connectivity index (χ0n) is 26.4. The Hall–Kier alpha value is -3.04. The van der Waals surface area contributed by atoms with Gasteiger partial charge in [-0.3, -0.25) is 0 Å². The molecular weight excluding hydrogens is 502 g/mol. The van der Waals surface area contributed by atoms with Gasteiger partial charge in [0.2, 0.25) is 0 Å². The van der Waals surface area contributed by atoms with Gasteiger partial charge in [-0.2, -0.15) is 0 Å². The molecule has 0 N–H and O–H groups in total. The molecular formula is C37H47NOSi. The predicted octanol–water partition coefficient (Wildman–Crippen LogP) is 9.32. The average Bonchev–Trinajstić information content (AvgIpc) is 3.39. The van der Waals surface area contributed by atoms with Crippen molar-refractivity contribution in [1.82, 2.24) is 4.57 Å². The Balaban J connectivity index is 1.96. The highest BCUT2D eigenvalue weighted by Gasteiger charge is 2.51. The Bertz CT molecular complexity index is 1630. The number of aromatic nitrogens is 1. The third-order valence-electron chi connectivity index (χ3n) is 9.75. The molecule has 1 aliphatic carbocycles. The summed E-state index contributed by atoms with van der Waals surface area (Å²) in [7, 11) is -0.00748. The van der Waals surface area contributed by atoms with Crippen LogP contribution in [-0.2, 0) is 12.5 Å². The van der Waals surface area contributed by atoms with Crippen LogP contribution in [0.1, 0.15) is 79.1 Å². The maximum Gasteiger partial charge on any atom is 0.122 e. The van der Waals surface area contributed by atoms with Crippen LogP contribution >= 0.6 is 0 Å². The molecule has 2 nitrogen and oxygen atoms in total. The number of fused-ring (bicyclic) bond motifs is 5. The van der Waals surface area contributed by atoms with Crippen LogP contribution in [0.4, 0.5) is 0 Å². The van der Waals surface area contributed by atoms with Crippen LogP contribution < -0.4 is 9.92 Å². The molecule has 1 aromatic heterocycles. The Labute approximate surface area is 243 Å². The minimum absolute atomic E-state index is 0.0271. The third-order valence-corrected chi connectivity index (χ3v) is 15.4. The summed E-state index contributed by atoms with van der Waals surface area (Å²) in [6.45, 7) is 25.5. The van der Waals surface area contributed by atoms with E-state index in [9.17, 15) is 0 Å². The van der Waals surface area contributed by atoms with E-state index in [2.05, 4.69) is 123 Å². The van der Waals surface area contributed by atoms with Gasteiger partial charge in [-0.1, -0.05) is 101 Å². The van der Waals surface area contributed by atoms with Crippen molar-refractivity contribution in [2.45, 2.75) is 85.4 Å². The second kappa shape index (κ2) is 10.1. The molecule has 0 saturated heterocycles. The maximum absolute atomic E-state index is 6.72. The van der Waals surface area contributed by atoms with Gasteiger partial charge in [0, 0.05) is 29.1 Å². The molecule has 1 heterocycles. The van der Waals surface area contributed by atoms with Crippen molar-refractivity contribution in [3.63, 3.8) is 0 Å². The van der Waals surface area contributed by atoms with Gasteiger partial charge in [0.25, 0.3) is 0 Å². The lowest BCUT2D eigenvalue weighted by Gasteiger charge is -2.40. The van der Waals surface area contributed by atoms with E-state index in [0.717, 1.165) is 17.8 Å². The average molecular weight is 550 g/mol. The van der Waals surface area contributed by atoms with Gasteiger partial charge in [0.15, 0.2) is 0 Å². The van der Waals surface area contributed by atoms with Crippen molar-refractivity contribution in [3.8, 4) is 17.0 Å². The van der Waals surface area contributed by atoms with Crippen molar-refractivity contribution in [2.24, 2.45) is 7.05 Å². The van der Waals surface area contributed by atoms with Crippen molar-refractivity contribution in [2.75, 3.05) is 6.61 Å². The summed E-state index contributed by atoms with van der Waals surface area (Å²) in [4.78, 5) is 0. The van der Waals surface area contributed by atoms with Crippen molar-refractivity contribution < 1.29 is 4.74 Å². The minimum Gasteiger partial charge on any atom is -0.489 e. The summed E-state index contributed by atoms with van der Waals surface area (Å²) in [6, 6.07) is 18.9. The molecule has 0 spiro atoms. The highest BCUT2D eigenvalue weighted by molar-refractivity contribution is 6.94. The van der Waals surface area contributed by atoms with Crippen LogP contribution in [0.25, 0.3) is 22.2 Å². The highest BCUT2D eigenvalue weighted by Crippen LogP contribution is 2.56. The van der Waals surface area contributed by atoms with Crippen LogP contribution in [0.3, 0.4) is 0 Å². The molecule has 0 aliphatic heterocycles. The molecule has 0 fully saturated rings. The molecule has 3 aromatic carbocycles. The molecule has 1 unspecified atom stereocenters. The molecule has 0 saturated carbocycles. The summed E-state index contributed by atoms with van der Waals surface area (Å²) >= 11 is 0. The fourth-order valence-electron chi connectivity index (χ4n) is 7.51. The zero-order valence-corrected chi connectivity index (χ0v) is 27.4. The topological polar surface area (TPSA) is 14.2 Å². The van der Waals surface area contributed by atoms with Gasteiger partial charge in [0.05, 0.1) is 5.69 Å². The van der Waals surface area contributed by atoms with Crippen molar-refractivity contribution >= 4 is 24.2 Å². The number of hydrogen-bond acceptors (Lipinski definition) is 1. The number of benzene rings is 3. The number of ether oxygens (including phenoxy) is 1. The number of aryl methyl sites for hydroxylation is 4.